The summed E-state index contributed by atoms with van der Waals surface area (Å²) in [4.78, 5) is 25.4. The molecule has 1 aliphatic rings. The number of amides is 1. The number of benzene rings is 1. The van der Waals surface area contributed by atoms with E-state index >= 15 is 0 Å². The zero-order valence-corrected chi connectivity index (χ0v) is 14.8. The Morgan fingerprint density at radius 1 is 1.29 bits per heavy atom. The van der Waals surface area contributed by atoms with Crippen LogP contribution in [0.3, 0.4) is 0 Å². The van der Waals surface area contributed by atoms with Crippen LogP contribution in [0.1, 0.15) is 44.4 Å². The number of esters is 1. The summed E-state index contributed by atoms with van der Waals surface area (Å²) < 4.78 is 10.3. The van der Waals surface area contributed by atoms with Crippen molar-refractivity contribution < 1.29 is 19.1 Å². The van der Waals surface area contributed by atoms with E-state index in [4.69, 9.17) is 9.47 Å². The second-order valence-corrected chi connectivity index (χ2v) is 6.72. The Morgan fingerprint density at radius 3 is 2.71 bits per heavy atom. The summed E-state index contributed by atoms with van der Waals surface area (Å²) in [7, 11) is 0. The fraction of sp³-hybridized carbons (Fsp3) is 0.474. The Labute approximate surface area is 143 Å². The summed E-state index contributed by atoms with van der Waals surface area (Å²) in [6.07, 6.45) is 3.66. The van der Waals surface area contributed by atoms with E-state index in [1.807, 2.05) is 39.0 Å². The predicted octanol–water partition coefficient (Wildman–Crippen LogP) is 3.56. The molecular formula is C19H25NO4. The highest BCUT2D eigenvalue weighted by molar-refractivity contribution is 5.87. The van der Waals surface area contributed by atoms with Crippen LogP contribution in [-0.2, 0) is 27.2 Å². The molecule has 2 rings (SSSR count). The Balaban J connectivity index is 2.12. The van der Waals surface area contributed by atoms with Crippen LogP contribution < -0.4 is 0 Å². The van der Waals surface area contributed by atoms with Crippen molar-refractivity contribution in [1.29, 1.82) is 0 Å². The van der Waals surface area contributed by atoms with Gasteiger partial charge >= 0.3 is 12.1 Å². The molecule has 0 unspecified atom stereocenters. The second kappa shape index (κ2) is 7.51. The van der Waals surface area contributed by atoms with Crippen LogP contribution in [0.25, 0.3) is 6.08 Å². The first-order valence-electron chi connectivity index (χ1n) is 8.23. The van der Waals surface area contributed by atoms with Gasteiger partial charge in [-0.05, 0) is 56.9 Å². The molecule has 1 aromatic carbocycles. The van der Waals surface area contributed by atoms with E-state index in [2.05, 4.69) is 0 Å². The van der Waals surface area contributed by atoms with E-state index in [1.54, 1.807) is 17.9 Å². The summed E-state index contributed by atoms with van der Waals surface area (Å²) in [5, 5.41) is 0. The third-order valence-electron chi connectivity index (χ3n) is 3.64. The first kappa shape index (κ1) is 18.0. The van der Waals surface area contributed by atoms with Crippen LogP contribution >= 0.6 is 0 Å². The molecule has 0 N–H and O–H groups in total. The van der Waals surface area contributed by atoms with Gasteiger partial charge in [-0.2, -0.15) is 0 Å². The van der Waals surface area contributed by atoms with Gasteiger partial charge in [0.05, 0.1) is 6.61 Å². The monoisotopic (exact) mass is 331 g/mol. The van der Waals surface area contributed by atoms with Gasteiger partial charge in [0, 0.05) is 19.2 Å². The first-order valence-corrected chi connectivity index (χ1v) is 8.23. The molecule has 1 aromatic rings. The first-order chi connectivity index (χ1) is 11.3. The quantitative estimate of drug-likeness (QED) is 0.628. The molecule has 0 fully saturated rings. The summed E-state index contributed by atoms with van der Waals surface area (Å²) >= 11 is 0. The van der Waals surface area contributed by atoms with Crippen molar-refractivity contribution in [1.82, 2.24) is 4.90 Å². The molecule has 0 bridgehead atoms. The topological polar surface area (TPSA) is 55.8 Å². The molecule has 1 aliphatic heterocycles. The van der Waals surface area contributed by atoms with Crippen molar-refractivity contribution in [2.45, 2.75) is 46.3 Å². The highest BCUT2D eigenvalue weighted by Crippen LogP contribution is 2.25. The lowest BCUT2D eigenvalue weighted by atomic mass is 9.94. The molecule has 130 valence electrons. The van der Waals surface area contributed by atoms with Crippen molar-refractivity contribution in [3.8, 4) is 0 Å². The van der Waals surface area contributed by atoms with Gasteiger partial charge in [0.15, 0.2) is 0 Å². The van der Waals surface area contributed by atoms with Crippen LogP contribution in [0.15, 0.2) is 24.3 Å². The third kappa shape index (κ3) is 4.85. The largest absolute Gasteiger partial charge is 0.463 e. The molecule has 1 heterocycles. The Kier molecular flexibility index (Phi) is 5.65. The normalized spacial score (nSPS) is 14.4. The minimum Gasteiger partial charge on any atom is -0.463 e. The fourth-order valence-corrected chi connectivity index (χ4v) is 2.63. The summed E-state index contributed by atoms with van der Waals surface area (Å²) in [6.45, 7) is 8.85. The van der Waals surface area contributed by atoms with Crippen molar-refractivity contribution >= 4 is 18.1 Å². The minimum absolute atomic E-state index is 0.291. The van der Waals surface area contributed by atoms with Crippen molar-refractivity contribution in [3.05, 3.63) is 41.0 Å². The van der Waals surface area contributed by atoms with Gasteiger partial charge in [-0.25, -0.2) is 9.59 Å². The van der Waals surface area contributed by atoms with Crippen LogP contribution in [-0.4, -0.2) is 35.7 Å². The second-order valence-electron chi connectivity index (χ2n) is 6.72. The smallest absolute Gasteiger partial charge is 0.410 e. The Bertz CT molecular complexity index is 643. The predicted molar refractivity (Wildman–Crippen MR) is 92.5 cm³/mol. The highest BCUT2D eigenvalue weighted by Gasteiger charge is 2.26. The summed E-state index contributed by atoms with van der Waals surface area (Å²) in [5.74, 6) is -0.346. The lowest BCUT2D eigenvalue weighted by Gasteiger charge is -2.31. The van der Waals surface area contributed by atoms with E-state index in [9.17, 15) is 9.59 Å². The van der Waals surface area contributed by atoms with Crippen molar-refractivity contribution in [2.75, 3.05) is 13.2 Å². The molecular weight excluding hydrogens is 306 g/mol. The number of hydrogen-bond acceptors (Lipinski definition) is 4. The van der Waals surface area contributed by atoms with Gasteiger partial charge in [0.2, 0.25) is 0 Å². The Hall–Kier alpha value is -2.30. The zero-order valence-electron chi connectivity index (χ0n) is 14.8. The SMILES string of the molecule is CCOC(=O)/C=C/c1cccc2c1CCN(C(=O)OC(C)(C)C)C2. The molecule has 1 amide bonds. The fourth-order valence-electron chi connectivity index (χ4n) is 2.63. The van der Waals surface area contributed by atoms with Gasteiger partial charge < -0.3 is 14.4 Å². The van der Waals surface area contributed by atoms with Crippen LogP contribution in [0.4, 0.5) is 4.79 Å². The van der Waals surface area contributed by atoms with Crippen LogP contribution in [0.2, 0.25) is 0 Å². The molecule has 0 spiro atoms. The van der Waals surface area contributed by atoms with E-state index in [0.717, 1.165) is 23.1 Å². The molecule has 5 nitrogen and oxygen atoms in total. The van der Waals surface area contributed by atoms with Gasteiger partial charge in [-0.3, -0.25) is 0 Å². The number of fused-ring (bicyclic) bond motifs is 1. The minimum atomic E-state index is -0.498. The van der Waals surface area contributed by atoms with E-state index in [-0.39, 0.29) is 12.1 Å². The van der Waals surface area contributed by atoms with E-state index < -0.39 is 5.60 Å². The van der Waals surface area contributed by atoms with Gasteiger partial charge in [0.25, 0.3) is 0 Å². The molecule has 0 saturated heterocycles. The summed E-state index contributed by atoms with van der Waals surface area (Å²) in [6, 6.07) is 5.91. The van der Waals surface area contributed by atoms with Crippen LogP contribution in [0, 0.1) is 0 Å². The van der Waals surface area contributed by atoms with Gasteiger partial charge in [-0.1, -0.05) is 18.2 Å². The molecule has 0 atom stereocenters. The number of hydrogen-bond donors (Lipinski definition) is 0. The number of rotatable bonds is 3. The Morgan fingerprint density at radius 2 is 2.04 bits per heavy atom. The maximum absolute atomic E-state index is 12.2. The molecule has 0 aliphatic carbocycles. The third-order valence-corrected chi connectivity index (χ3v) is 3.64. The van der Waals surface area contributed by atoms with Gasteiger partial charge in [0.1, 0.15) is 5.60 Å². The molecule has 0 radical (unpaired) electrons. The number of nitrogens with zero attached hydrogens (tertiary/aromatic N) is 1. The van der Waals surface area contributed by atoms with E-state index in [1.165, 1.54) is 6.08 Å². The van der Waals surface area contributed by atoms with Crippen molar-refractivity contribution in [2.24, 2.45) is 0 Å². The molecule has 5 heteroatoms. The highest BCUT2D eigenvalue weighted by atomic mass is 16.6. The number of carbonyl (C=O) groups is 2. The van der Waals surface area contributed by atoms with Crippen LogP contribution in [0.5, 0.6) is 0 Å². The lowest BCUT2D eigenvalue weighted by Crippen LogP contribution is -2.40. The number of carbonyl (C=O) groups excluding carboxylic acids is 2. The van der Waals surface area contributed by atoms with Gasteiger partial charge in [-0.15, -0.1) is 0 Å². The standard InChI is InChI=1S/C19H25NO4/c1-5-23-17(21)10-9-14-7-6-8-15-13-20(12-11-16(14)15)18(22)24-19(2,3)4/h6-10H,5,11-13H2,1-4H3/b10-9+. The molecule has 0 saturated carbocycles. The number of ether oxygens (including phenoxy) is 2. The maximum Gasteiger partial charge on any atom is 0.410 e. The lowest BCUT2D eigenvalue weighted by molar-refractivity contribution is -0.137. The average molecular weight is 331 g/mol. The molecule has 24 heavy (non-hydrogen) atoms. The molecule has 0 aromatic heterocycles. The maximum atomic E-state index is 12.2. The van der Waals surface area contributed by atoms with E-state index in [0.29, 0.717) is 19.7 Å². The average Bonchev–Trinajstić information content (AvgIpc) is 2.51. The zero-order chi connectivity index (χ0) is 17.7. The summed E-state index contributed by atoms with van der Waals surface area (Å²) in [5.41, 5.74) is 2.74. The van der Waals surface area contributed by atoms with Crippen molar-refractivity contribution in [3.63, 3.8) is 0 Å².